The normalized spacial score (nSPS) is 11.1. The van der Waals surface area contributed by atoms with Gasteiger partial charge in [-0.05, 0) is 48.0 Å². The van der Waals surface area contributed by atoms with Crippen LogP contribution in [0.15, 0.2) is 54.2 Å². The lowest BCUT2D eigenvalue weighted by atomic mass is 10.1. The summed E-state index contributed by atoms with van der Waals surface area (Å²) >= 11 is 0. The van der Waals surface area contributed by atoms with E-state index in [9.17, 15) is 18.4 Å². The summed E-state index contributed by atoms with van der Waals surface area (Å²) in [5, 5.41) is 11.3. The molecule has 0 aliphatic heterocycles. The Labute approximate surface area is 124 Å². The second kappa shape index (κ2) is 6.62. The van der Waals surface area contributed by atoms with Crippen molar-refractivity contribution in [3.63, 3.8) is 0 Å². The van der Waals surface area contributed by atoms with Gasteiger partial charge in [0.2, 0.25) is 0 Å². The molecule has 0 aromatic heterocycles. The van der Waals surface area contributed by atoms with Crippen LogP contribution in [0.4, 0.5) is 8.78 Å². The van der Waals surface area contributed by atoms with E-state index in [0.717, 1.165) is 12.1 Å². The zero-order valence-corrected chi connectivity index (χ0v) is 11.2. The number of halogens is 2. The molecule has 112 valence electrons. The molecule has 2 aromatic carbocycles. The Kier molecular flexibility index (Phi) is 4.63. The molecule has 0 aliphatic rings. The van der Waals surface area contributed by atoms with Crippen LogP contribution >= 0.6 is 0 Å². The van der Waals surface area contributed by atoms with Gasteiger partial charge in [0, 0.05) is 5.56 Å². The van der Waals surface area contributed by atoms with Gasteiger partial charge in [0.1, 0.15) is 17.3 Å². The van der Waals surface area contributed by atoms with Crippen molar-refractivity contribution in [3.8, 4) is 0 Å². The lowest BCUT2D eigenvalue weighted by Gasteiger charge is -2.06. The van der Waals surface area contributed by atoms with Crippen molar-refractivity contribution in [1.82, 2.24) is 5.32 Å². The largest absolute Gasteiger partial charge is 0.477 e. The van der Waals surface area contributed by atoms with Gasteiger partial charge in [0.25, 0.3) is 5.91 Å². The maximum Gasteiger partial charge on any atom is 0.352 e. The number of carbonyl (C=O) groups is 2. The Morgan fingerprint density at radius 1 is 0.909 bits per heavy atom. The third-order valence-corrected chi connectivity index (χ3v) is 2.77. The molecule has 22 heavy (non-hydrogen) atoms. The molecular weight excluding hydrogens is 292 g/mol. The van der Waals surface area contributed by atoms with Crippen LogP contribution in [0.1, 0.15) is 15.9 Å². The van der Waals surface area contributed by atoms with Gasteiger partial charge in [-0.15, -0.1) is 0 Å². The molecule has 0 radical (unpaired) electrons. The Bertz CT molecular complexity index is 722. The van der Waals surface area contributed by atoms with E-state index in [4.69, 9.17) is 5.11 Å². The first kappa shape index (κ1) is 15.4. The van der Waals surface area contributed by atoms with Crippen molar-refractivity contribution in [1.29, 1.82) is 0 Å². The first-order valence-corrected chi connectivity index (χ1v) is 6.23. The smallest absolute Gasteiger partial charge is 0.352 e. The second-order valence-corrected chi connectivity index (χ2v) is 4.38. The number of carboxylic acids is 1. The summed E-state index contributed by atoms with van der Waals surface area (Å²) < 4.78 is 25.6. The minimum absolute atomic E-state index is 0.118. The summed E-state index contributed by atoms with van der Waals surface area (Å²) in [6.07, 6.45) is 1.20. The van der Waals surface area contributed by atoms with Gasteiger partial charge >= 0.3 is 5.97 Å². The van der Waals surface area contributed by atoms with Crippen molar-refractivity contribution in [2.45, 2.75) is 0 Å². The SMILES string of the molecule is O=C(O)/C(=C\c1ccc(F)cc1)NC(=O)c1ccc(F)cc1. The van der Waals surface area contributed by atoms with E-state index < -0.39 is 23.5 Å². The van der Waals surface area contributed by atoms with Crippen LogP contribution in [0.3, 0.4) is 0 Å². The third kappa shape index (κ3) is 3.99. The van der Waals surface area contributed by atoms with Crippen molar-refractivity contribution in [3.05, 3.63) is 77.0 Å². The quantitative estimate of drug-likeness (QED) is 0.854. The Morgan fingerprint density at radius 2 is 1.41 bits per heavy atom. The summed E-state index contributed by atoms with van der Waals surface area (Å²) in [4.78, 5) is 23.1. The lowest BCUT2D eigenvalue weighted by molar-refractivity contribution is -0.132. The van der Waals surface area contributed by atoms with Gasteiger partial charge in [-0.25, -0.2) is 13.6 Å². The van der Waals surface area contributed by atoms with E-state index in [1.54, 1.807) is 0 Å². The van der Waals surface area contributed by atoms with Crippen LogP contribution in [0.2, 0.25) is 0 Å². The highest BCUT2D eigenvalue weighted by Gasteiger charge is 2.13. The molecule has 0 heterocycles. The van der Waals surface area contributed by atoms with Crippen LogP contribution in [0.25, 0.3) is 6.08 Å². The van der Waals surface area contributed by atoms with Crippen LogP contribution in [-0.2, 0) is 4.79 Å². The van der Waals surface area contributed by atoms with E-state index in [1.165, 1.54) is 42.5 Å². The lowest BCUT2D eigenvalue weighted by Crippen LogP contribution is -2.27. The zero-order chi connectivity index (χ0) is 16.1. The molecule has 2 N–H and O–H groups in total. The highest BCUT2D eigenvalue weighted by atomic mass is 19.1. The predicted octanol–water partition coefficient (Wildman–Crippen LogP) is 2.82. The monoisotopic (exact) mass is 303 g/mol. The molecular formula is C16H11F2NO3. The van der Waals surface area contributed by atoms with E-state index >= 15 is 0 Å². The number of hydrogen-bond donors (Lipinski definition) is 2. The highest BCUT2D eigenvalue weighted by molar-refractivity contribution is 6.02. The molecule has 4 nitrogen and oxygen atoms in total. The molecule has 6 heteroatoms. The summed E-state index contributed by atoms with van der Waals surface area (Å²) in [5.41, 5.74) is 0.159. The number of benzene rings is 2. The van der Waals surface area contributed by atoms with Crippen LogP contribution in [0.5, 0.6) is 0 Å². The molecule has 0 bridgehead atoms. The molecule has 2 aromatic rings. The van der Waals surface area contributed by atoms with Crippen molar-refractivity contribution in [2.24, 2.45) is 0 Å². The Balaban J connectivity index is 2.21. The van der Waals surface area contributed by atoms with Gasteiger partial charge < -0.3 is 10.4 Å². The zero-order valence-electron chi connectivity index (χ0n) is 11.2. The van der Waals surface area contributed by atoms with Crippen LogP contribution in [0, 0.1) is 11.6 Å². The number of hydrogen-bond acceptors (Lipinski definition) is 2. The molecule has 0 spiro atoms. The van der Waals surface area contributed by atoms with Gasteiger partial charge in [0.05, 0.1) is 0 Å². The summed E-state index contributed by atoms with van der Waals surface area (Å²) in [6, 6.07) is 9.77. The van der Waals surface area contributed by atoms with Crippen molar-refractivity contribution < 1.29 is 23.5 Å². The van der Waals surface area contributed by atoms with Gasteiger partial charge in [-0.1, -0.05) is 12.1 Å². The fourth-order valence-electron chi connectivity index (χ4n) is 1.67. The topological polar surface area (TPSA) is 66.4 Å². The maximum absolute atomic E-state index is 12.8. The average Bonchev–Trinajstić information content (AvgIpc) is 2.49. The van der Waals surface area contributed by atoms with Crippen molar-refractivity contribution in [2.75, 3.05) is 0 Å². The summed E-state index contributed by atoms with van der Waals surface area (Å²) in [7, 11) is 0. The van der Waals surface area contributed by atoms with Crippen molar-refractivity contribution >= 4 is 18.0 Å². The number of amides is 1. The van der Waals surface area contributed by atoms with E-state index in [-0.39, 0.29) is 11.3 Å². The fraction of sp³-hybridized carbons (Fsp3) is 0. The maximum atomic E-state index is 12.8. The molecule has 0 aliphatic carbocycles. The number of aliphatic carboxylic acids is 1. The molecule has 1 amide bonds. The fourth-order valence-corrected chi connectivity index (χ4v) is 1.67. The first-order valence-electron chi connectivity index (χ1n) is 6.23. The molecule has 0 unspecified atom stereocenters. The minimum atomic E-state index is -1.35. The molecule has 0 saturated carbocycles. The Morgan fingerprint density at radius 3 is 1.91 bits per heavy atom. The third-order valence-electron chi connectivity index (χ3n) is 2.77. The molecule has 0 saturated heterocycles. The minimum Gasteiger partial charge on any atom is -0.477 e. The first-order chi connectivity index (χ1) is 10.5. The van der Waals surface area contributed by atoms with Gasteiger partial charge in [-0.3, -0.25) is 4.79 Å². The van der Waals surface area contributed by atoms with Crippen LogP contribution in [-0.4, -0.2) is 17.0 Å². The van der Waals surface area contributed by atoms with Gasteiger partial charge in [0.15, 0.2) is 0 Å². The molecule has 0 atom stereocenters. The number of carboxylic acid groups (broad SMARTS) is 1. The number of rotatable bonds is 4. The Hall–Kier alpha value is -3.02. The predicted molar refractivity (Wildman–Crippen MR) is 75.9 cm³/mol. The number of nitrogens with one attached hydrogen (secondary N) is 1. The summed E-state index contributed by atoms with van der Waals surface area (Å²) in [6.45, 7) is 0. The standard InChI is InChI=1S/C16H11F2NO3/c17-12-5-1-10(2-6-12)9-14(16(21)22)19-15(20)11-3-7-13(18)8-4-11/h1-9H,(H,19,20)(H,21,22)/b14-9+. The molecule has 0 fully saturated rings. The molecule has 2 rings (SSSR count). The van der Waals surface area contributed by atoms with E-state index in [2.05, 4.69) is 5.32 Å². The second-order valence-electron chi connectivity index (χ2n) is 4.38. The van der Waals surface area contributed by atoms with E-state index in [0.29, 0.717) is 5.56 Å². The van der Waals surface area contributed by atoms with Gasteiger partial charge in [-0.2, -0.15) is 0 Å². The van der Waals surface area contributed by atoms with E-state index in [1.807, 2.05) is 0 Å². The van der Waals surface area contributed by atoms with Crippen LogP contribution < -0.4 is 5.32 Å². The average molecular weight is 303 g/mol. The highest BCUT2D eigenvalue weighted by Crippen LogP contribution is 2.09. The number of carbonyl (C=O) groups excluding carboxylic acids is 1. The summed E-state index contributed by atoms with van der Waals surface area (Å²) in [5.74, 6) is -2.99.